The lowest BCUT2D eigenvalue weighted by molar-refractivity contribution is 0.0923. The molecule has 2 aliphatic carbocycles. The van der Waals surface area contributed by atoms with E-state index in [9.17, 15) is 4.79 Å². The van der Waals surface area contributed by atoms with Gasteiger partial charge in [-0.05, 0) is 50.5 Å². The first-order valence-corrected chi connectivity index (χ1v) is 10.9. The Bertz CT molecular complexity index is 1170. The number of carbonyl (C=O) groups is 1. The first kappa shape index (κ1) is 19.5. The van der Waals surface area contributed by atoms with E-state index >= 15 is 0 Å². The zero-order chi connectivity index (χ0) is 21.4. The number of pyridine rings is 2. The molecule has 8 heteroatoms. The number of hydrogen-bond acceptors (Lipinski definition) is 6. The first-order valence-electron chi connectivity index (χ1n) is 10.9. The normalized spacial score (nSPS) is 20.9. The average Bonchev–Trinajstić information content (AvgIpc) is 3.50. The Kier molecular flexibility index (Phi) is 5.02. The number of aromatic nitrogens is 4. The average molecular weight is 416 g/mol. The molecule has 0 aliphatic heterocycles. The second-order valence-electron chi connectivity index (χ2n) is 8.74. The van der Waals surface area contributed by atoms with Gasteiger partial charge in [0.15, 0.2) is 11.5 Å². The molecular weight excluding hydrogens is 390 g/mol. The minimum absolute atomic E-state index is 0.0798. The predicted octanol–water partition coefficient (Wildman–Crippen LogP) is 3.57. The topological polar surface area (TPSA) is 109 Å². The summed E-state index contributed by atoms with van der Waals surface area (Å²) < 4.78 is 1.64. The van der Waals surface area contributed by atoms with Crippen LogP contribution < -0.4 is 10.6 Å². The standard InChI is InChI=1S/C23H25N7O/c1-14-2-4-18(5-3-14)29-23(31)19-13-25-21(9-20(19)28-17-6-7-17)30-22-16(12-27-30)8-15(10-24)11-26-22/h8-9,11-14,17-18H,2-7H2,1H3,(H,25,28)(H,29,31). The Morgan fingerprint density at radius 2 is 1.84 bits per heavy atom. The van der Waals surface area contributed by atoms with Gasteiger partial charge in [0.1, 0.15) is 6.07 Å². The zero-order valence-corrected chi connectivity index (χ0v) is 17.5. The Morgan fingerprint density at radius 1 is 1.06 bits per heavy atom. The fourth-order valence-electron chi connectivity index (χ4n) is 4.13. The number of carbonyl (C=O) groups excluding carboxylic acids is 1. The van der Waals surface area contributed by atoms with Crippen LogP contribution in [0.15, 0.2) is 30.7 Å². The van der Waals surface area contributed by atoms with Crippen LogP contribution in [0.5, 0.6) is 0 Å². The van der Waals surface area contributed by atoms with Gasteiger partial charge < -0.3 is 10.6 Å². The van der Waals surface area contributed by atoms with Crippen molar-refractivity contribution in [3.63, 3.8) is 0 Å². The predicted molar refractivity (Wildman–Crippen MR) is 117 cm³/mol. The van der Waals surface area contributed by atoms with Crippen molar-refractivity contribution >= 4 is 22.6 Å². The molecule has 3 aromatic rings. The van der Waals surface area contributed by atoms with Crippen molar-refractivity contribution in [2.75, 3.05) is 5.32 Å². The third-order valence-electron chi connectivity index (χ3n) is 6.18. The van der Waals surface area contributed by atoms with E-state index in [1.165, 1.54) is 6.20 Å². The monoisotopic (exact) mass is 415 g/mol. The van der Waals surface area contributed by atoms with E-state index in [0.29, 0.717) is 28.6 Å². The Labute approximate surface area is 180 Å². The van der Waals surface area contributed by atoms with E-state index in [1.54, 1.807) is 23.1 Å². The molecule has 0 aromatic carbocycles. The molecule has 0 radical (unpaired) electrons. The SMILES string of the molecule is CC1CCC(NC(=O)c2cnc(-n3ncc4cc(C#N)cnc43)cc2NC2CC2)CC1. The van der Waals surface area contributed by atoms with Gasteiger partial charge in [0.05, 0.1) is 23.0 Å². The molecule has 0 bridgehead atoms. The van der Waals surface area contributed by atoms with E-state index in [-0.39, 0.29) is 11.9 Å². The molecular formula is C23H25N7O. The van der Waals surface area contributed by atoms with E-state index in [1.807, 2.05) is 6.07 Å². The fourth-order valence-corrected chi connectivity index (χ4v) is 4.13. The molecule has 3 heterocycles. The first-order chi connectivity index (χ1) is 15.1. The number of rotatable bonds is 5. The van der Waals surface area contributed by atoms with Crippen LogP contribution in [0.2, 0.25) is 0 Å². The van der Waals surface area contributed by atoms with E-state index in [2.05, 4.69) is 38.7 Å². The highest BCUT2D eigenvalue weighted by molar-refractivity contribution is 6.00. The van der Waals surface area contributed by atoms with Gasteiger partial charge in [0.25, 0.3) is 5.91 Å². The third kappa shape index (κ3) is 4.08. The lowest BCUT2D eigenvalue weighted by atomic mass is 9.87. The van der Waals surface area contributed by atoms with Crippen molar-refractivity contribution < 1.29 is 4.79 Å². The summed E-state index contributed by atoms with van der Waals surface area (Å²) in [7, 11) is 0. The molecule has 5 rings (SSSR count). The van der Waals surface area contributed by atoms with Crippen molar-refractivity contribution in [1.82, 2.24) is 25.1 Å². The van der Waals surface area contributed by atoms with Crippen molar-refractivity contribution in [3.8, 4) is 11.9 Å². The third-order valence-corrected chi connectivity index (χ3v) is 6.18. The molecule has 0 spiro atoms. The van der Waals surface area contributed by atoms with Crippen LogP contribution in [0.25, 0.3) is 16.9 Å². The van der Waals surface area contributed by atoms with Crippen LogP contribution in [-0.4, -0.2) is 37.7 Å². The molecule has 0 unspecified atom stereocenters. The smallest absolute Gasteiger partial charge is 0.255 e. The second kappa shape index (κ2) is 7.99. The van der Waals surface area contributed by atoms with Gasteiger partial charge in [-0.2, -0.15) is 15.0 Å². The number of fused-ring (bicyclic) bond motifs is 1. The molecule has 1 amide bonds. The highest BCUT2D eigenvalue weighted by Gasteiger charge is 2.26. The Balaban J connectivity index is 1.44. The minimum Gasteiger partial charge on any atom is -0.382 e. The summed E-state index contributed by atoms with van der Waals surface area (Å²) in [6.07, 6.45) is 11.4. The van der Waals surface area contributed by atoms with Crippen LogP contribution >= 0.6 is 0 Å². The quantitative estimate of drug-likeness (QED) is 0.659. The maximum atomic E-state index is 13.0. The summed E-state index contributed by atoms with van der Waals surface area (Å²) in [6.45, 7) is 2.27. The lowest BCUT2D eigenvalue weighted by Crippen LogP contribution is -2.37. The van der Waals surface area contributed by atoms with Crippen molar-refractivity contribution in [2.24, 2.45) is 5.92 Å². The van der Waals surface area contributed by atoms with Crippen LogP contribution in [0.3, 0.4) is 0 Å². The van der Waals surface area contributed by atoms with E-state index < -0.39 is 0 Å². The van der Waals surface area contributed by atoms with Crippen LogP contribution in [0, 0.1) is 17.2 Å². The molecule has 0 atom stereocenters. The van der Waals surface area contributed by atoms with Gasteiger partial charge in [-0.25, -0.2) is 9.97 Å². The summed E-state index contributed by atoms with van der Waals surface area (Å²) in [5.74, 6) is 1.24. The van der Waals surface area contributed by atoms with Crippen molar-refractivity contribution in [3.05, 3.63) is 41.9 Å². The molecule has 31 heavy (non-hydrogen) atoms. The number of nitrogens with one attached hydrogen (secondary N) is 2. The van der Waals surface area contributed by atoms with Gasteiger partial charge in [-0.15, -0.1) is 0 Å². The Hall–Kier alpha value is -3.47. The Morgan fingerprint density at radius 3 is 2.58 bits per heavy atom. The molecule has 2 N–H and O–H groups in total. The zero-order valence-electron chi connectivity index (χ0n) is 17.5. The van der Waals surface area contributed by atoms with Crippen LogP contribution in [0.1, 0.15) is 61.4 Å². The second-order valence-corrected chi connectivity index (χ2v) is 8.74. The van der Waals surface area contributed by atoms with Gasteiger partial charge in [-0.1, -0.05) is 6.92 Å². The molecule has 158 valence electrons. The number of nitriles is 1. The summed E-state index contributed by atoms with van der Waals surface area (Å²) >= 11 is 0. The number of anilines is 1. The largest absolute Gasteiger partial charge is 0.382 e. The minimum atomic E-state index is -0.0798. The fraction of sp³-hybridized carbons (Fsp3) is 0.435. The van der Waals surface area contributed by atoms with E-state index in [4.69, 9.17) is 5.26 Å². The molecule has 8 nitrogen and oxygen atoms in total. The maximum Gasteiger partial charge on any atom is 0.255 e. The van der Waals surface area contributed by atoms with Crippen molar-refractivity contribution in [1.29, 1.82) is 5.26 Å². The molecule has 2 saturated carbocycles. The highest BCUT2D eigenvalue weighted by Crippen LogP contribution is 2.29. The summed E-state index contributed by atoms with van der Waals surface area (Å²) in [5, 5.41) is 20.9. The number of amides is 1. The van der Waals surface area contributed by atoms with Crippen LogP contribution in [-0.2, 0) is 0 Å². The lowest BCUT2D eigenvalue weighted by Gasteiger charge is -2.27. The van der Waals surface area contributed by atoms with Crippen LogP contribution in [0.4, 0.5) is 5.69 Å². The molecule has 2 fully saturated rings. The molecule has 3 aromatic heterocycles. The van der Waals surface area contributed by atoms with Gasteiger partial charge >= 0.3 is 0 Å². The summed E-state index contributed by atoms with van der Waals surface area (Å²) in [4.78, 5) is 21.9. The summed E-state index contributed by atoms with van der Waals surface area (Å²) in [6, 6.07) is 6.33. The van der Waals surface area contributed by atoms with E-state index in [0.717, 1.165) is 55.5 Å². The highest BCUT2D eigenvalue weighted by atomic mass is 16.1. The number of hydrogen-bond donors (Lipinski definition) is 2. The molecule has 0 saturated heterocycles. The number of nitrogens with zero attached hydrogens (tertiary/aromatic N) is 5. The van der Waals surface area contributed by atoms with Crippen molar-refractivity contribution in [2.45, 2.75) is 57.5 Å². The van der Waals surface area contributed by atoms with Gasteiger partial charge in [0.2, 0.25) is 0 Å². The van der Waals surface area contributed by atoms with Gasteiger partial charge in [-0.3, -0.25) is 4.79 Å². The van der Waals surface area contributed by atoms with Gasteiger partial charge in [0, 0.05) is 35.9 Å². The summed E-state index contributed by atoms with van der Waals surface area (Å²) in [5.41, 5.74) is 2.44. The molecule has 2 aliphatic rings. The maximum absolute atomic E-state index is 13.0.